The van der Waals surface area contributed by atoms with Crippen LogP contribution in [-0.4, -0.2) is 41.5 Å². The first kappa shape index (κ1) is 28.5. The number of aliphatic hydroxyl groups is 1. The molecule has 0 saturated heterocycles. The first-order valence-corrected chi connectivity index (χ1v) is 13.1. The summed E-state index contributed by atoms with van der Waals surface area (Å²) in [6.07, 6.45) is 33.6. The van der Waals surface area contributed by atoms with E-state index >= 15 is 0 Å². The zero-order chi connectivity index (χ0) is 22.3. The van der Waals surface area contributed by atoms with Crippen molar-refractivity contribution in [3.8, 4) is 0 Å². The van der Waals surface area contributed by atoms with Gasteiger partial charge in [0, 0.05) is 18.9 Å². The van der Waals surface area contributed by atoms with Crippen LogP contribution in [0.5, 0.6) is 0 Å². The standard InChI is InChI=1S/C27H45NOS/c1-5-6-7-11-18-23-27(29)24-19-13-10-8-9-12-16-21-26(28(2)3)22-17-14-15-20-25-30-4/h8-10,12-13,16,19,21,24H,5-7,11,14-15,17-18,20,22-23,25H2,1-4H3/p+1. The third kappa shape index (κ3) is 19.8. The van der Waals surface area contributed by atoms with Gasteiger partial charge in [-0.2, -0.15) is 11.8 Å². The molecule has 0 amide bonds. The van der Waals surface area contributed by atoms with Crippen LogP contribution in [0.4, 0.5) is 0 Å². The third-order valence-electron chi connectivity index (χ3n) is 4.89. The molecule has 0 unspecified atom stereocenters. The van der Waals surface area contributed by atoms with Crippen molar-refractivity contribution in [1.82, 2.24) is 0 Å². The van der Waals surface area contributed by atoms with Crippen molar-refractivity contribution in [2.45, 2.75) is 77.6 Å². The van der Waals surface area contributed by atoms with Gasteiger partial charge in [-0.3, -0.25) is 0 Å². The molecule has 0 spiro atoms. The Bertz CT molecular complexity index is 578. The monoisotopic (exact) mass is 432 g/mol. The Labute approximate surface area is 191 Å². The fourth-order valence-corrected chi connectivity index (χ4v) is 3.50. The average Bonchev–Trinajstić information content (AvgIpc) is 2.73. The Hall–Kier alpha value is -1.48. The van der Waals surface area contributed by atoms with Crippen molar-refractivity contribution in [3.63, 3.8) is 0 Å². The molecule has 0 rings (SSSR count). The van der Waals surface area contributed by atoms with E-state index in [1.807, 2.05) is 42.1 Å². The van der Waals surface area contributed by atoms with Crippen LogP contribution in [0.1, 0.15) is 77.6 Å². The van der Waals surface area contributed by atoms with Gasteiger partial charge in [0.1, 0.15) is 14.1 Å². The van der Waals surface area contributed by atoms with Gasteiger partial charge in [0.05, 0.1) is 5.76 Å². The van der Waals surface area contributed by atoms with E-state index in [9.17, 15) is 5.11 Å². The number of unbranched alkanes of at least 4 members (excludes halogenated alkanes) is 7. The number of rotatable bonds is 18. The van der Waals surface area contributed by atoms with Gasteiger partial charge >= 0.3 is 0 Å². The van der Waals surface area contributed by atoms with Crippen LogP contribution >= 0.6 is 11.8 Å². The highest BCUT2D eigenvalue weighted by atomic mass is 32.2. The van der Waals surface area contributed by atoms with Crippen molar-refractivity contribution >= 4 is 17.5 Å². The second-order valence-corrected chi connectivity index (χ2v) is 8.86. The first-order chi connectivity index (χ1) is 14.6. The maximum Gasteiger partial charge on any atom is 0.175 e. The number of aliphatic hydroxyl groups excluding tert-OH is 1. The largest absolute Gasteiger partial charge is 0.512 e. The van der Waals surface area contributed by atoms with Crippen LogP contribution in [-0.2, 0) is 0 Å². The normalized spacial score (nSPS) is 12.9. The number of hydrogen-bond acceptors (Lipinski definition) is 2. The number of allylic oxidation sites excluding steroid dienone is 10. The first-order valence-electron chi connectivity index (χ1n) is 11.7. The highest BCUT2D eigenvalue weighted by molar-refractivity contribution is 7.98. The lowest BCUT2D eigenvalue weighted by Gasteiger charge is -2.00. The molecule has 0 aliphatic carbocycles. The molecular weight excluding hydrogens is 386 g/mol. The third-order valence-corrected chi connectivity index (χ3v) is 5.58. The second kappa shape index (κ2) is 22.2. The zero-order valence-electron chi connectivity index (χ0n) is 20.0. The summed E-state index contributed by atoms with van der Waals surface area (Å²) in [7, 11) is 4.24. The van der Waals surface area contributed by atoms with Crippen LogP contribution in [0.2, 0.25) is 0 Å². The summed E-state index contributed by atoms with van der Waals surface area (Å²) in [5.41, 5.74) is 1.38. The minimum absolute atomic E-state index is 0.477. The van der Waals surface area contributed by atoms with E-state index in [2.05, 4.69) is 50.1 Å². The van der Waals surface area contributed by atoms with Crippen LogP contribution < -0.4 is 0 Å². The molecular formula is C27H46NOS+. The molecule has 2 nitrogen and oxygen atoms in total. The van der Waals surface area contributed by atoms with Gasteiger partial charge in [0.2, 0.25) is 0 Å². The smallest absolute Gasteiger partial charge is 0.175 e. The van der Waals surface area contributed by atoms with E-state index in [0.29, 0.717) is 5.76 Å². The molecule has 0 saturated carbocycles. The molecule has 30 heavy (non-hydrogen) atoms. The highest BCUT2D eigenvalue weighted by Crippen LogP contribution is 2.09. The van der Waals surface area contributed by atoms with Gasteiger partial charge in [-0.05, 0) is 37.3 Å². The molecule has 0 aromatic carbocycles. The molecule has 0 radical (unpaired) electrons. The van der Waals surface area contributed by atoms with Crippen LogP contribution in [0.15, 0.2) is 60.4 Å². The van der Waals surface area contributed by atoms with Crippen molar-refractivity contribution in [1.29, 1.82) is 0 Å². The van der Waals surface area contributed by atoms with Gasteiger partial charge in [0.15, 0.2) is 5.71 Å². The molecule has 0 fully saturated rings. The van der Waals surface area contributed by atoms with E-state index < -0.39 is 0 Å². The number of thioether (sulfide) groups is 1. The van der Waals surface area contributed by atoms with Gasteiger partial charge in [-0.25, -0.2) is 4.58 Å². The predicted octanol–water partition coefficient (Wildman–Crippen LogP) is 8.04. The quantitative estimate of drug-likeness (QED) is 0.0778. The molecule has 170 valence electrons. The topological polar surface area (TPSA) is 23.2 Å². The Balaban J connectivity index is 4.11. The number of nitrogens with zero attached hydrogens (tertiary/aromatic N) is 1. The molecule has 0 heterocycles. The Morgan fingerprint density at radius 2 is 1.30 bits per heavy atom. The second-order valence-electron chi connectivity index (χ2n) is 7.88. The summed E-state index contributed by atoms with van der Waals surface area (Å²) < 4.78 is 2.22. The Kier molecular flexibility index (Phi) is 21.1. The van der Waals surface area contributed by atoms with Crippen molar-refractivity contribution in [2.24, 2.45) is 0 Å². The summed E-state index contributed by atoms with van der Waals surface area (Å²) in [5.74, 6) is 1.76. The minimum Gasteiger partial charge on any atom is -0.512 e. The highest BCUT2D eigenvalue weighted by Gasteiger charge is 2.02. The lowest BCUT2D eigenvalue weighted by molar-refractivity contribution is -0.464. The van der Waals surface area contributed by atoms with Crippen LogP contribution in [0.25, 0.3) is 0 Å². The SMILES string of the molecule is CCCCCCC/C(O)=C/C=C/C=C/C=C/C=C/C(CCCCCCSC)=[N+](C)C. The number of hydrogen-bond donors (Lipinski definition) is 1. The van der Waals surface area contributed by atoms with E-state index in [-0.39, 0.29) is 0 Å². The molecule has 1 N–H and O–H groups in total. The summed E-state index contributed by atoms with van der Waals surface area (Å²) >= 11 is 1.94. The van der Waals surface area contributed by atoms with Gasteiger partial charge in [-0.1, -0.05) is 88.0 Å². The Morgan fingerprint density at radius 3 is 1.93 bits per heavy atom. The molecule has 3 heteroatoms. The fourth-order valence-electron chi connectivity index (χ4n) is 3.01. The lowest BCUT2D eigenvalue weighted by atomic mass is 10.1. The molecule has 0 atom stereocenters. The van der Waals surface area contributed by atoms with Crippen molar-refractivity contribution < 1.29 is 9.68 Å². The fraction of sp³-hybridized carbons (Fsp3) is 0.593. The molecule has 0 aliphatic heterocycles. The van der Waals surface area contributed by atoms with Crippen LogP contribution in [0.3, 0.4) is 0 Å². The van der Waals surface area contributed by atoms with Crippen LogP contribution in [0, 0.1) is 0 Å². The van der Waals surface area contributed by atoms with Gasteiger partial charge in [0.25, 0.3) is 0 Å². The summed E-state index contributed by atoms with van der Waals surface area (Å²) in [6.45, 7) is 2.22. The van der Waals surface area contributed by atoms with Crippen molar-refractivity contribution in [3.05, 3.63) is 60.4 Å². The maximum atomic E-state index is 9.85. The van der Waals surface area contributed by atoms with Gasteiger partial charge < -0.3 is 5.11 Å². The maximum absolute atomic E-state index is 9.85. The average molecular weight is 433 g/mol. The van der Waals surface area contributed by atoms with E-state index in [1.54, 1.807) is 6.08 Å². The Morgan fingerprint density at radius 1 is 0.733 bits per heavy atom. The van der Waals surface area contributed by atoms with E-state index in [0.717, 1.165) is 19.3 Å². The molecule has 0 bridgehead atoms. The minimum atomic E-state index is 0.477. The zero-order valence-corrected chi connectivity index (χ0v) is 20.8. The van der Waals surface area contributed by atoms with Crippen molar-refractivity contribution in [2.75, 3.05) is 26.1 Å². The summed E-state index contributed by atoms with van der Waals surface area (Å²) in [5, 5.41) is 9.85. The summed E-state index contributed by atoms with van der Waals surface area (Å²) in [4.78, 5) is 0. The molecule has 0 aromatic heterocycles. The molecule has 0 aliphatic rings. The van der Waals surface area contributed by atoms with Gasteiger partial charge in [-0.15, -0.1) is 0 Å². The molecule has 0 aromatic rings. The van der Waals surface area contributed by atoms with E-state index in [4.69, 9.17) is 0 Å². The predicted molar refractivity (Wildman–Crippen MR) is 139 cm³/mol. The lowest BCUT2D eigenvalue weighted by Crippen LogP contribution is -2.10. The summed E-state index contributed by atoms with van der Waals surface area (Å²) in [6, 6.07) is 0. The van der Waals surface area contributed by atoms with E-state index in [1.165, 1.54) is 62.8 Å².